The van der Waals surface area contributed by atoms with Crippen LogP contribution in [-0.4, -0.2) is 37.0 Å². The van der Waals surface area contributed by atoms with Gasteiger partial charge in [-0.3, -0.25) is 4.79 Å². The first-order chi connectivity index (χ1) is 18.7. The molecule has 0 aromatic heterocycles. The van der Waals surface area contributed by atoms with Gasteiger partial charge in [0, 0.05) is 13.0 Å². The van der Waals surface area contributed by atoms with Crippen LogP contribution >= 0.6 is 0 Å². The Hall–Kier alpha value is -1.13. The maximum absolute atomic E-state index is 11.6. The van der Waals surface area contributed by atoms with Crippen LogP contribution < -0.4 is 0 Å². The summed E-state index contributed by atoms with van der Waals surface area (Å²) >= 11 is 0. The number of carbonyl (C=O) groups excluding carboxylic acids is 1. The van der Waals surface area contributed by atoms with Crippen LogP contribution in [0.3, 0.4) is 0 Å². The number of aliphatic hydroxyl groups is 1. The summed E-state index contributed by atoms with van der Waals surface area (Å²) in [7, 11) is 0. The van der Waals surface area contributed by atoms with E-state index in [0.717, 1.165) is 25.7 Å². The van der Waals surface area contributed by atoms with Gasteiger partial charge in [0.2, 0.25) is 0 Å². The van der Waals surface area contributed by atoms with Crippen molar-refractivity contribution in [2.24, 2.45) is 0 Å². The van der Waals surface area contributed by atoms with E-state index in [0.29, 0.717) is 19.6 Å². The number of hydrogen-bond donors (Lipinski definition) is 1. The fraction of sp³-hybridized carbons (Fsp3) is 0.853. The average molecular weight is 537 g/mol. The molecule has 0 fully saturated rings. The molecule has 224 valence electrons. The Morgan fingerprint density at radius 2 is 1.11 bits per heavy atom. The van der Waals surface area contributed by atoms with Crippen molar-refractivity contribution in [1.82, 2.24) is 0 Å². The summed E-state index contributed by atoms with van der Waals surface area (Å²) in [5, 5.41) is 9.33. The van der Waals surface area contributed by atoms with Crippen LogP contribution in [-0.2, 0) is 14.3 Å². The molecule has 4 heteroatoms. The van der Waals surface area contributed by atoms with Gasteiger partial charge in [-0.1, -0.05) is 134 Å². The lowest BCUT2D eigenvalue weighted by molar-refractivity contribution is -0.154. The molecule has 0 aromatic rings. The molecule has 0 rings (SSSR count). The predicted molar refractivity (Wildman–Crippen MR) is 164 cm³/mol. The smallest absolute Gasteiger partial charge is 0.306 e. The number of ether oxygens (including phenoxy) is 2. The summed E-state index contributed by atoms with van der Waals surface area (Å²) in [6.07, 6.45) is 37.3. The largest absolute Gasteiger partial charge is 0.457 e. The van der Waals surface area contributed by atoms with Gasteiger partial charge in [0.25, 0.3) is 0 Å². The summed E-state index contributed by atoms with van der Waals surface area (Å²) in [5.74, 6) is -0.236. The third-order valence-electron chi connectivity index (χ3n) is 7.03. The van der Waals surface area contributed by atoms with Crippen molar-refractivity contribution in [2.75, 3.05) is 19.8 Å². The number of rotatable bonds is 30. The second kappa shape index (κ2) is 32.1. The molecular formula is C34H64O4. The lowest BCUT2D eigenvalue weighted by atomic mass is 10.0. The fourth-order valence-corrected chi connectivity index (χ4v) is 4.51. The highest BCUT2D eigenvalue weighted by Crippen LogP contribution is 2.13. The lowest BCUT2D eigenvalue weighted by Gasteiger charge is -2.15. The van der Waals surface area contributed by atoms with Crippen molar-refractivity contribution in [2.45, 2.75) is 168 Å². The molecular weight excluding hydrogens is 472 g/mol. The molecule has 0 aliphatic heterocycles. The van der Waals surface area contributed by atoms with Crippen molar-refractivity contribution in [3.05, 3.63) is 24.3 Å². The molecule has 0 aromatic carbocycles. The highest BCUT2D eigenvalue weighted by Gasteiger charge is 2.13. The molecule has 1 atom stereocenters. The third-order valence-corrected chi connectivity index (χ3v) is 7.03. The number of allylic oxidation sites excluding steroid dienone is 4. The number of carbonyl (C=O) groups is 1. The SMILES string of the molecule is CCCCCCC/C=C\C/C=C\CCCCCCCCCCCCCCOCC(CO)OC(=O)CCCC. The monoisotopic (exact) mass is 536 g/mol. The Kier molecular flexibility index (Phi) is 31.1. The first kappa shape index (κ1) is 36.9. The maximum Gasteiger partial charge on any atom is 0.306 e. The second-order valence-electron chi connectivity index (χ2n) is 10.9. The Labute approximate surface area is 237 Å². The van der Waals surface area contributed by atoms with E-state index in [1.165, 1.54) is 116 Å². The molecule has 0 amide bonds. The highest BCUT2D eigenvalue weighted by molar-refractivity contribution is 5.69. The van der Waals surface area contributed by atoms with Gasteiger partial charge in [-0.15, -0.1) is 0 Å². The van der Waals surface area contributed by atoms with Crippen molar-refractivity contribution >= 4 is 5.97 Å². The van der Waals surface area contributed by atoms with E-state index in [2.05, 4.69) is 31.2 Å². The molecule has 0 aliphatic rings. The standard InChI is InChI=1S/C34H64O4/c1-3-5-7-8-9-10-11-12-13-14-15-16-17-18-19-20-21-22-23-24-25-26-27-28-30-37-32-33(31-35)38-34(36)29-6-4-2/h11-12,14-15,33,35H,3-10,13,16-32H2,1-2H3/b12-11-,15-14-. The second-order valence-corrected chi connectivity index (χ2v) is 10.9. The molecule has 0 saturated heterocycles. The number of unbranched alkanes of at least 4 members (excludes halogenated alkanes) is 18. The molecule has 1 unspecified atom stereocenters. The van der Waals surface area contributed by atoms with Gasteiger partial charge in [-0.25, -0.2) is 0 Å². The molecule has 38 heavy (non-hydrogen) atoms. The van der Waals surface area contributed by atoms with Gasteiger partial charge >= 0.3 is 5.97 Å². The van der Waals surface area contributed by atoms with Crippen LogP contribution in [0.1, 0.15) is 162 Å². The van der Waals surface area contributed by atoms with Gasteiger partial charge in [0.15, 0.2) is 0 Å². The van der Waals surface area contributed by atoms with Crippen LogP contribution in [0.4, 0.5) is 0 Å². The Morgan fingerprint density at radius 3 is 1.61 bits per heavy atom. The summed E-state index contributed by atoms with van der Waals surface area (Å²) in [6, 6.07) is 0. The quantitative estimate of drug-likeness (QED) is 0.0563. The Balaban J connectivity index is 3.29. The normalized spacial score (nSPS) is 12.6. The van der Waals surface area contributed by atoms with Crippen molar-refractivity contribution in [3.8, 4) is 0 Å². The van der Waals surface area contributed by atoms with Gasteiger partial charge in [-0.2, -0.15) is 0 Å². The van der Waals surface area contributed by atoms with E-state index in [1.807, 2.05) is 6.92 Å². The van der Waals surface area contributed by atoms with Gasteiger partial charge in [0.05, 0.1) is 13.2 Å². The minimum absolute atomic E-state index is 0.174. The minimum atomic E-state index is -0.525. The maximum atomic E-state index is 11.6. The summed E-state index contributed by atoms with van der Waals surface area (Å²) in [4.78, 5) is 11.6. The van der Waals surface area contributed by atoms with E-state index in [1.54, 1.807) is 0 Å². The fourth-order valence-electron chi connectivity index (χ4n) is 4.51. The van der Waals surface area contributed by atoms with Crippen molar-refractivity contribution in [3.63, 3.8) is 0 Å². The molecule has 0 saturated carbocycles. The zero-order valence-electron chi connectivity index (χ0n) is 25.4. The van der Waals surface area contributed by atoms with E-state index in [-0.39, 0.29) is 12.6 Å². The first-order valence-corrected chi connectivity index (χ1v) is 16.4. The predicted octanol–water partition coefficient (Wildman–Crippen LogP) is 10.0. The number of aliphatic hydroxyl groups excluding tert-OH is 1. The van der Waals surface area contributed by atoms with E-state index >= 15 is 0 Å². The summed E-state index contributed by atoms with van der Waals surface area (Å²) < 4.78 is 10.8. The zero-order chi connectivity index (χ0) is 27.8. The molecule has 0 radical (unpaired) electrons. The molecule has 0 bridgehead atoms. The van der Waals surface area contributed by atoms with E-state index in [9.17, 15) is 9.90 Å². The van der Waals surface area contributed by atoms with Gasteiger partial charge in [0.1, 0.15) is 6.10 Å². The number of esters is 1. The van der Waals surface area contributed by atoms with Crippen molar-refractivity contribution < 1.29 is 19.4 Å². The summed E-state index contributed by atoms with van der Waals surface area (Å²) in [5.41, 5.74) is 0. The van der Waals surface area contributed by atoms with Crippen LogP contribution in [0.2, 0.25) is 0 Å². The van der Waals surface area contributed by atoms with Gasteiger partial charge < -0.3 is 14.6 Å². The first-order valence-electron chi connectivity index (χ1n) is 16.4. The summed E-state index contributed by atoms with van der Waals surface area (Å²) in [6.45, 7) is 5.11. The highest BCUT2D eigenvalue weighted by atomic mass is 16.6. The van der Waals surface area contributed by atoms with Gasteiger partial charge in [-0.05, 0) is 44.9 Å². The van der Waals surface area contributed by atoms with Crippen LogP contribution in [0.5, 0.6) is 0 Å². The Bertz CT molecular complexity index is 529. The average Bonchev–Trinajstić information content (AvgIpc) is 2.93. The minimum Gasteiger partial charge on any atom is -0.457 e. The molecule has 0 spiro atoms. The lowest BCUT2D eigenvalue weighted by Crippen LogP contribution is -2.27. The molecule has 4 nitrogen and oxygen atoms in total. The topological polar surface area (TPSA) is 55.8 Å². The van der Waals surface area contributed by atoms with Crippen LogP contribution in [0.15, 0.2) is 24.3 Å². The van der Waals surface area contributed by atoms with Crippen LogP contribution in [0, 0.1) is 0 Å². The molecule has 0 heterocycles. The zero-order valence-corrected chi connectivity index (χ0v) is 25.4. The molecule has 1 N–H and O–H groups in total. The third kappa shape index (κ3) is 29.4. The van der Waals surface area contributed by atoms with E-state index < -0.39 is 6.10 Å². The van der Waals surface area contributed by atoms with Crippen LogP contribution in [0.25, 0.3) is 0 Å². The van der Waals surface area contributed by atoms with Crippen molar-refractivity contribution in [1.29, 1.82) is 0 Å². The van der Waals surface area contributed by atoms with E-state index in [4.69, 9.17) is 9.47 Å². The molecule has 0 aliphatic carbocycles. The Morgan fingerprint density at radius 1 is 0.632 bits per heavy atom. The number of hydrogen-bond acceptors (Lipinski definition) is 4.